The summed E-state index contributed by atoms with van der Waals surface area (Å²) in [5.41, 5.74) is 16.9. The van der Waals surface area contributed by atoms with Crippen LogP contribution in [0.5, 0.6) is 0 Å². The smallest absolute Gasteiger partial charge is 0.135 e. The van der Waals surface area contributed by atoms with Gasteiger partial charge in [0.1, 0.15) is 11.2 Å². The molecule has 0 N–H and O–H groups in total. The molecule has 2 heterocycles. The summed E-state index contributed by atoms with van der Waals surface area (Å²) in [6.45, 7) is 0. The molecule has 0 amide bonds. The van der Waals surface area contributed by atoms with Crippen LogP contribution < -0.4 is 14.7 Å². The van der Waals surface area contributed by atoms with Crippen LogP contribution in [0.4, 0.5) is 51.2 Å². The van der Waals surface area contributed by atoms with Gasteiger partial charge < -0.3 is 23.7 Å². The van der Waals surface area contributed by atoms with E-state index in [-0.39, 0.29) is 0 Å². The number of hydrogen-bond acceptors (Lipinski definition) is 4. The molecule has 13 rings (SSSR count). The molecule has 0 aliphatic carbocycles. The molecule has 0 saturated carbocycles. The normalized spacial score (nSPS) is 11.4. The van der Waals surface area contributed by atoms with Gasteiger partial charge in [-0.15, -0.1) is 0 Å². The van der Waals surface area contributed by atoms with E-state index in [0.29, 0.717) is 0 Å². The maximum absolute atomic E-state index is 6.29. The van der Waals surface area contributed by atoms with Gasteiger partial charge in [-0.2, -0.15) is 0 Å². The van der Waals surface area contributed by atoms with Gasteiger partial charge in [-0.25, -0.2) is 0 Å². The van der Waals surface area contributed by atoms with Crippen LogP contribution in [0, 0.1) is 0 Å². The maximum atomic E-state index is 6.29. The second-order valence-corrected chi connectivity index (χ2v) is 17.8. The van der Waals surface area contributed by atoms with Crippen LogP contribution in [0.3, 0.4) is 0 Å². The van der Waals surface area contributed by atoms with Gasteiger partial charge in [-0.1, -0.05) is 140 Å². The fraction of sp³-hybridized carbons (Fsp3) is 0. The number of aromatic nitrogens is 1. The zero-order valence-corrected chi connectivity index (χ0v) is 38.8. The summed E-state index contributed by atoms with van der Waals surface area (Å²) in [7, 11) is 0. The molecule has 0 bridgehead atoms. The standard InChI is InChI=1S/C66H46N4O/c1-7-21-49(22-8-1)67(50-23-9-2-10-24-50)57-41-48(42-58(44-57)68(51-25-11-3-12-26-51)52-27-13-4-14-28-52)47-35-39-63-61(43-47)59-38-36-56(46-64(59)70(63)54-31-17-6-18-32-54)69(53-29-15-5-16-30-53)55-37-40-66-62(45-55)60-33-19-20-34-65(60)71-66/h1-46H. The van der Waals surface area contributed by atoms with Crippen molar-refractivity contribution in [1.29, 1.82) is 0 Å². The van der Waals surface area contributed by atoms with Gasteiger partial charge in [0.2, 0.25) is 0 Å². The van der Waals surface area contributed by atoms with E-state index >= 15 is 0 Å². The topological polar surface area (TPSA) is 27.8 Å². The van der Waals surface area contributed by atoms with Crippen LogP contribution in [0.15, 0.2) is 283 Å². The third-order valence-electron chi connectivity index (χ3n) is 13.5. The number of benzene rings is 11. The van der Waals surface area contributed by atoms with E-state index in [0.717, 1.165) is 101 Å². The molecule has 0 aliphatic rings. The molecule has 0 atom stereocenters. The van der Waals surface area contributed by atoms with Crippen LogP contribution in [0.25, 0.3) is 60.6 Å². The van der Waals surface area contributed by atoms with E-state index in [2.05, 4.69) is 286 Å². The highest BCUT2D eigenvalue weighted by molar-refractivity contribution is 6.12. The van der Waals surface area contributed by atoms with Gasteiger partial charge in [0.15, 0.2) is 0 Å². The first-order valence-electron chi connectivity index (χ1n) is 24.1. The first-order chi connectivity index (χ1) is 35.2. The molecule has 5 heteroatoms. The van der Waals surface area contributed by atoms with Crippen molar-refractivity contribution in [3.05, 3.63) is 279 Å². The molecule has 0 aliphatic heterocycles. The number of rotatable bonds is 11. The minimum Gasteiger partial charge on any atom is -0.456 e. The van der Waals surface area contributed by atoms with Crippen molar-refractivity contribution >= 4 is 94.9 Å². The quantitative estimate of drug-likeness (QED) is 0.129. The van der Waals surface area contributed by atoms with Crippen LogP contribution >= 0.6 is 0 Å². The Morgan fingerprint density at radius 3 is 1.24 bits per heavy atom. The zero-order valence-electron chi connectivity index (χ0n) is 38.8. The lowest BCUT2D eigenvalue weighted by Gasteiger charge is -2.30. The Hall–Kier alpha value is -9.58. The van der Waals surface area contributed by atoms with E-state index in [1.54, 1.807) is 0 Å². The predicted molar refractivity (Wildman–Crippen MR) is 298 cm³/mol. The summed E-state index contributed by atoms with van der Waals surface area (Å²) in [5.74, 6) is 0. The van der Waals surface area contributed by atoms with Crippen molar-refractivity contribution in [3.8, 4) is 16.8 Å². The molecule has 11 aromatic carbocycles. The molecule has 0 saturated heterocycles. The summed E-state index contributed by atoms with van der Waals surface area (Å²) >= 11 is 0. The SMILES string of the molecule is c1ccc(N(c2ccccc2)c2cc(-c3ccc4c(c3)c3ccc(N(c5ccccc5)c5ccc6oc7ccccc7c6c5)cc3n4-c3ccccc3)cc(N(c3ccccc3)c3ccccc3)c2)cc1. The summed E-state index contributed by atoms with van der Waals surface area (Å²) in [6, 6.07) is 99.7. The number of fused-ring (bicyclic) bond motifs is 6. The van der Waals surface area contributed by atoms with Crippen molar-refractivity contribution in [2.24, 2.45) is 0 Å². The minimum absolute atomic E-state index is 0.872. The molecule has 13 aromatic rings. The Bertz CT molecular complexity index is 3810. The first-order valence-corrected chi connectivity index (χ1v) is 24.1. The van der Waals surface area contributed by atoms with Crippen molar-refractivity contribution in [3.63, 3.8) is 0 Å². The van der Waals surface area contributed by atoms with E-state index < -0.39 is 0 Å². The minimum atomic E-state index is 0.872. The summed E-state index contributed by atoms with van der Waals surface area (Å²) in [4.78, 5) is 7.06. The number of furan rings is 1. The number of nitrogens with zero attached hydrogens (tertiary/aromatic N) is 4. The van der Waals surface area contributed by atoms with Crippen molar-refractivity contribution < 1.29 is 4.42 Å². The predicted octanol–water partition coefficient (Wildman–Crippen LogP) is 18.8. The van der Waals surface area contributed by atoms with Crippen LogP contribution in [0.2, 0.25) is 0 Å². The number of anilines is 9. The Morgan fingerprint density at radius 1 is 0.239 bits per heavy atom. The lowest BCUT2D eigenvalue weighted by atomic mass is 9.99. The Balaban J connectivity index is 1.03. The van der Waals surface area contributed by atoms with Crippen LogP contribution in [-0.4, -0.2) is 4.57 Å². The van der Waals surface area contributed by atoms with Gasteiger partial charge in [-0.3, -0.25) is 0 Å². The molecule has 5 nitrogen and oxygen atoms in total. The fourth-order valence-electron chi connectivity index (χ4n) is 10.3. The molecule has 0 spiro atoms. The van der Waals surface area contributed by atoms with Gasteiger partial charge in [0.05, 0.1) is 11.0 Å². The highest BCUT2D eigenvalue weighted by Crippen LogP contribution is 2.46. The molecular formula is C66H46N4O. The van der Waals surface area contributed by atoms with Crippen LogP contribution in [-0.2, 0) is 0 Å². The lowest BCUT2D eigenvalue weighted by Crippen LogP contribution is -2.13. The Kier molecular flexibility index (Phi) is 10.4. The second kappa shape index (κ2) is 17.8. The fourth-order valence-corrected chi connectivity index (χ4v) is 10.3. The van der Waals surface area contributed by atoms with Gasteiger partial charge in [0.25, 0.3) is 0 Å². The van der Waals surface area contributed by atoms with Gasteiger partial charge in [0, 0.05) is 78.4 Å². The van der Waals surface area contributed by atoms with E-state index in [4.69, 9.17) is 4.42 Å². The first kappa shape index (κ1) is 41.6. The summed E-state index contributed by atoms with van der Waals surface area (Å²) < 4.78 is 8.70. The van der Waals surface area contributed by atoms with E-state index in [1.807, 2.05) is 12.1 Å². The largest absolute Gasteiger partial charge is 0.456 e. The molecular weight excluding hydrogens is 865 g/mol. The van der Waals surface area contributed by atoms with Gasteiger partial charge in [-0.05, 0) is 151 Å². The average molecular weight is 911 g/mol. The Morgan fingerprint density at radius 2 is 0.690 bits per heavy atom. The second-order valence-electron chi connectivity index (χ2n) is 17.8. The molecule has 0 unspecified atom stereocenters. The summed E-state index contributed by atoms with van der Waals surface area (Å²) in [6.07, 6.45) is 0. The Labute approximate surface area is 412 Å². The third-order valence-corrected chi connectivity index (χ3v) is 13.5. The number of hydrogen-bond donors (Lipinski definition) is 0. The van der Waals surface area contributed by atoms with Crippen LogP contribution in [0.1, 0.15) is 0 Å². The maximum Gasteiger partial charge on any atom is 0.135 e. The van der Waals surface area contributed by atoms with Crippen molar-refractivity contribution in [1.82, 2.24) is 4.57 Å². The molecule has 0 fully saturated rings. The highest BCUT2D eigenvalue weighted by Gasteiger charge is 2.22. The van der Waals surface area contributed by atoms with Crippen molar-refractivity contribution in [2.75, 3.05) is 14.7 Å². The molecule has 2 aromatic heterocycles. The van der Waals surface area contributed by atoms with Gasteiger partial charge >= 0.3 is 0 Å². The van der Waals surface area contributed by atoms with E-state index in [1.165, 1.54) is 10.8 Å². The number of para-hydroxylation sites is 7. The highest BCUT2D eigenvalue weighted by atomic mass is 16.3. The monoisotopic (exact) mass is 910 g/mol. The van der Waals surface area contributed by atoms with Crippen molar-refractivity contribution in [2.45, 2.75) is 0 Å². The molecule has 0 radical (unpaired) electrons. The summed E-state index contributed by atoms with van der Waals surface area (Å²) in [5, 5.41) is 4.53. The lowest BCUT2D eigenvalue weighted by molar-refractivity contribution is 0.669. The molecule has 71 heavy (non-hydrogen) atoms. The van der Waals surface area contributed by atoms with E-state index in [9.17, 15) is 0 Å². The molecule has 336 valence electrons. The average Bonchev–Trinajstić information content (AvgIpc) is 3.98. The third kappa shape index (κ3) is 7.63. The zero-order chi connectivity index (χ0) is 47.1.